The van der Waals surface area contributed by atoms with Gasteiger partial charge in [-0.25, -0.2) is 0 Å². The van der Waals surface area contributed by atoms with E-state index < -0.39 is 0 Å². The summed E-state index contributed by atoms with van der Waals surface area (Å²) in [6, 6.07) is 0. The lowest BCUT2D eigenvalue weighted by atomic mass is 9.43. The molecule has 0 aromatic carbocycles. The maximum atomic E-state index is 11.7. The third-order valence-electron chi connectivity index (χ3n) is 21.8. The maximum Gasteiger partial charge on any atom is 0.305 e. The summed E-state index contributed by atoms with van der Waals surface area (Å²) >= 11 is 0. The van der Waals surface area contributed by atoms with E-state index in [0.717, 1.165) is 66.6 Å². The monoisotopic (exact) mass is 823 g/mol. The second-order valence-electron chi connectivity index (χ2n) is 24.2. The van der Waals surface area contributed by atoms with E-state index in [1.54, 1.807) is 0 Å². The zero-order valence-corrected chi connectivity index (χ0v) is 39.9. The quantitative estimate of drug-likeness (QED) is 0.233. The van der Waals surface area contributed by atoms with Crippen molar-refractivity contribution in [1.29, 1.82) is 0 Å². The van der Waals surface area contributed by atoms with Crippen LogP contribution in [0.3, 0.4) is 0 Å². The van der Waals surface area contributed by atoms with Gasteiger partial charge in [-0.2, -0.15) is 0 Å². The molecule has 8 aliphatic carbocycles. The van der Waals surface area contributed by atoms with E-state index in [4.69, 9.17) is 14.2 Å². The van der Waals surface area contributed by atoms with E-state index in [1.807, 2.05) is 7.11 Å². The van der Waals surface area contributed by atoms with Gasteiger partial charge in [-0.3, -0.25) is 9.59 Å². The fraction of sp³-hybridized carbons (Fsp3) is 0.962. The minimum atomic E-state index is -0.0999. The molecular formula is C53H90O6. The predicted molar refractivity (Wildman–Crippen MR) is 237 cm³/mol. The van der Waals surface area contributed by atoms with Gasteiger partial charge in [0.05, 0.1) is 26.4 Å². The molecule has 8 saturated carbocycles. The predicted octanol–water partition coefficient (Wildman–Crippen LogP) is 12.3. The van der Waals surface area contributed by atoms with Crippen LogP contribution in [0.1, 0.15) is 184 Å². The molecule has 0 spiro atoms. The normalized spacial score (nSPS) is 49.6. The summed E-state index contributed by atoms with van der Waals surface area (Å²) in [4.78, 5) is 23.4. The molecule has 0 heterocycles. The Balaban J connectivity index is 0.000000179. The first kappa shape index (κ1) is 45.9. The minimum Gasteiger partial charge on any atom is -0.469 e. The average molecular weight is 823 g/mol. The molecule has 20 atom stereocenters. The van der Waals surface area contributed by atoms with Gasteiger partial charge in [0.1, 0.15) is 0 Å². The van der Waals surface area contributed by atoms with E-state index in [-0.39, 0.29) is 18.0 Å². The Morgan fingerprint density at radius 2 is 0.966 bits per heavy atom. The van der Waals surface area contributed by atoms with Gasteiger partial charge < -0.3 is 19.3 Å². The van der Waals surface area contributed by atoms with Crippen molar-refractivity contribution in [3.8, 4) is 0 Å². The number of aliphatic hydroxyl groups is 1. The van der Waals surface area contributed by atoms with Crippen molar-refractivity contribution in [1.82, 2.24) is 0 Å². The summed E-state index contributed by atoms with van der Waals surface area (Å²) in [6.07, 6.45) is 24.7. The van der Waals surface area contributed by atoms with Crippen molar-refractivity contribution in [2.24, 2.45) is 105 Å². The Bertz CT molecular complexity index is 1460. The standard InChI is InChI=1S/C27H46O3.C26H44O3/c1-17-11-13-26(3)19(15-17)16-23(29-5)25-21-9-8-20(18(2)7-10-24(28)30-6)27(21,4)14-12-22(25)26;1-16-10-12-25(3)18(14-16)15-22(27)24-20-8-7-19(17(2)6-9-23(28)29-5)26(20,4)13-11-21(24)25/h17-23,25H,7-16H2,1-6H3;16-22,24,27H,6-15H2,1-5H3/t17-,18-,19+,20-,21+,22+,23+,25+,26+,27-;16-,17-,18+,19-,20+,21+,22+,24+,25+,26-/m11/s1. The zero-order chi connectivity index (χ0) is 42.7. The van der Waals surface area contributed by atoms with Crippen LogP contribution in [0.5, 0.6) is 0 Å². The van der Waals surface area contributed by atoms with Gasteiger partial charge in [-0.05, 0) is 207 Å². The van der Waals surface area contributed by atoms with E-state index in [9.17, 15) is 14.7 Å². The molecule has 8 fully saturated rings. The molecule has 0 amide bonds. The third kappa shape index (κ3) is 8.15. The number of carbonyl (C=O) groups excluding carboxylic acids is 2. The number of methoxy groups -OCH3 is 3. The lowest BCUT2D eigenvalue weighted by molar-refractivity contribution is -0.176. The lowest BCUT2D eigenvalue weighted by Crippen LogP contribution is -2.58. The van der Waals surface area contributed by atoms with Crippen molar-refractivity contribution >= 4 is 11.9 Å². The topological polar surface area (TPSA) is 82.1 Å². The summed E-state index contributed by atoms with van der Waals surface area (Å²) in [5.41, 5.74) is 1.73. The molecule has 8 rings (SSSR count). The molecule has 0 aromatic heterocycles. The summed E-state index contributed by atoms with van der Waals surface area (Å²) in [7, 11) is 4.98. The number of fused-ring (bicyclic) bond motifs is 10. The summed E-state index contributed by atoms with van der Waals surface area (Å²) in [5, 5.41) is 11.4. The molecule has 338 valence electrons. The molecule has 8 aliphatic rings. The highest BCUT2D eigenvalue weighted by Gasteiger charge is 2.64. The van der Waals surface area contributed by atoms with Crippen LogP contribution in [0.2, 0.25) is 0 Å². The molecule has 0 unspecified atom stereocenters. The Labute approximate surface area is 361 Å². The molecule has 0 bridgehead atoms. The van der Waals surface area contributed by atoms with Crippen molar-refractivity contribution in [2.45, 2.75) is 196 Å². The summed E-state index contributed by atoms with van der Waals surface area (Å²) < 4.78 is 16.1. The Morgan fingerprint density at radius 3 is 1.42 bits per heavy atom. The van der Waals surface area contributed by atoms with Gasteiger partial charge in [0, 0.05) is 20.0 Å². The summed E-state index contributed by atoms with van der Waals surface area (Å²) in [5.74, 6) is 10.00. The molecule has 0 aromatic rings. The number of carbonyl (C=O) groups is 2. The summed E-state index contributed by atoms with van der Waals surface area (Å²) in [6.45, 7) is 20.0. The zero-order valence-electron chi connectivity index (χ0n) is 39.9. The van der Waals surface area contributed by atoms with Crippen molar-refractivity contribution in [2.75, 3.05) is 21.3 Å². The third-order valence-corrected chi connectivity index (χ3v) is 21.8. The average Bonchev–Trinajstić information content (AvgIpc) is 3.76. The molecular weight excluding hydrogens is 733 g/mol. The fourth-order valence-electron chi connectivity index (χ4n) is 18.3. The number of hydrogen-bond donors (Lipinski definition) is 1. The van der Waals surface area contributed by atoms with Gasteiger partial charge in [-0.1, -0.05) is 68.2 Å². The van der Waals surface area contributed by atoms with Crippen LogP contribution in [-0.4, -0.2) is 50.6 Å². The van der Waals surface area contributed by atoms with Gasteiger partial charge in [-0.15, -0.1) is 0 Å². The largest absolute Gasteiger partial charge is 0.469 e. The number of rotatable bonds is 9. The maximum absolute atomic E-state index is 11.7. The van der Waals surface area contributed by atoms with Crippen LogP contribution in [0, 0.1) is 105 Å². The first-order valence-corrected chi connectivity index (χ1v) is 25.3. The fourth-order valence-corrected chi connectivity index (χ4v) is 18.3. The van der Waals surface area contributed by atoms with Crippen LogP contribution in [0.15, 0.2) is 0 Å². The number of hydrogen-bond acceptors (Lipinski definition) is 6. The molecule has 6 nitrogen and oxygen atoms in total. The smallest absolute Gasteiger partial charge is 0.305 e. The lowest BCUT2D eigenvalue weighted by Gasteiger charge is -2.63. The van der Waals surface area contributed by atoms with E-state index in [0.29, 0.717) is 76.1 Å². The van der Waals surface area contributed by atoms with Gasteiger partial charge in [0.25, 0.3) is 0 Å². The van der Waals surface area contributed by atoms with Crippen molar-refractivity contribution < 1.29 is 28.9 Å². The van der Waals surface area contributed by atoms with Gasteiger partial charge >= 0.3 is 11.9 Å². The van der Waals surface area contributed by atoms with Crippen LogP contribution in [0.25, 0.3) is 0 Å². The van der Waals surface area contributed by atoms with E-state index in [2.05, 4.69) is 55.4 Å². The van der Waals surface area contributed by atoms with Crippen LogP contribution in [0.4, 0.5) is 0 Å². The van der Waals surface area contributed by atoms with Crippen LogP contribution in [-0.2, 0) is 23.8 Å². The SMILES string of the molecule is COC(=O)CC[C@@H](C)[C@H]1CC[C@H]2[C@@H]3[C@@H](O)C[C@@H]4C[C@H](C)CC[C@]4(C)[C@H]3CC[C@]12C.COC(=O)CC[C@@H](C)[C@H]1CC[C@H]2[C@@H]3[C@@H](OC)C[C@@H]4C[C@H](C)CC[C@]4(C)[C@H]3CC[C@]12C. The Morgan fingerprint density at radius 1 is 0.559 bits per heavy atom. The molecule has 0 radical (unpaired) electrons. The molecule has 6 heteroatoms. The Kier molecular flexibility index (Phi) is 13.8. The number of esters is 2. The molecule has 1 N–H and O–H groups in total. The van der Waals surface area contributed by atoms with Crippen LogP contribution >= 0.6 is 0 Å². The first-order chi connectivity index (χ1) is 27.9. The highest BCUT2D eigenvalue weighted by Crippen LogP contribution is 2.70. The highest BCUT2D eigenvalue weighted by molar-refractivity contribution is 5.69. The van der Waals surface area contributed by atoms with E-state index >= 15 is 0 Å². The minimum absolute atomic E-state index is 0.0533. The van der Waals surface area contributed by atoms with E-state index in [1.165, 1.54) is 111 Å². The highest BCUT2D eigenvalue weighted by atomic mass is 16.5. The molecule has 0 aliphatic heterocycles. The van der Waals surface area contributed by atoms with Gasteiger partial charge in [0.15, 0.2) is 0 Å². The van der Waals surface area contributed by atoms with Gasteiger partial charge in [0.2, 0.25) is 0 Å². The molecule has 0 saturated heterocycles. The molecule has 59 heavy (non-hydrogen) atoms. The Hall–Kier alpha value is -1.14. The second kappa shape index (κ2) is 17.8. The van der Waals surface area contributed by atoms with Crippen molar-refractivity contribution in [3.63, 3.8) is 0 Å². The van der Waals surface area contributed by atoms with Crippen molar-refractivity contribution in [3.05, 3.63) is 0 Å². The van der Waals surface area contributed by atoms with Crippen LogP contribution < -0.4 is 0 Å². The number of aliphatic hydroxyl groups excluding tert-OH is 1. The second-order valence-corrected chi connectivity index (χ2v) is 24.2. The first-order valence-electron chi connectivity index (χ1n) is 25.3. The number of ether oxygens (including phenoxy) is 3.